The maximum atomic E-state index is 11.4. The van der Waals surface area contributed by atoms with Gasteiger partial charge in [-0.2, -0.15) is 0 Å². The molecule has 0 bridgehead atoms. The van der Waals surface area contributed by atoms with Crippen molar-refractivity contribution in [3.8, 4) is 0 Å². The molecule has 82 valence electrons. The Labute approximate surface area is 85.8 Å². The van der Waals surface area contributed by atoms with Crippen molar-refractivity contribution >= 4 is 5.91 Å². The van der Waals surface area contributed by atoms with Crippen LogP contribution in [0, 0.1) is 5.41 Å². The summed E-state index contributed by atoms with van der Waals surface area (Å²) in [6.45, 7) is 8.14. The van der Waals surface area contributed by atoms with Crippen molar-refractivity contribution in [2.24, 2.45) is 11.1 Å². The van der Waals surface area contributed by atoms with Crippen LogP contribution in [-0.2, 0) is 4.79 Å². The number of nitrogens with zero attached hydrogens (tertiary/aromatic N) is 1. The number of hydrogen-bond donors (Lipinski definition) is 2. The lowest BCUT2D eigenvalue weighted by molar-refractivity contribution is -0.122. The molecule has 0 spiro atoms. The number of carbonyl (C=O) groups is 1. The first kappa shape index (κ1) is 11.5. The molecule has 0 saturated carbocycles. The SMILES string of the molecule is CC1(C)CCN(CC(=O)NCCN)C1. The fourth-order valence-corrected chi connectivity index (χ4v) is 1.83. The summed E-state index contributed by atoms with van der Waals surface area (Å²) in [6, 6.07) is 0. The summed E-state index contributed by atoms with van der Waals surface area (Å²) < 4.78 is 0. The van der Waals surface area contributed by atoms with Gasteiger partial charge in [-0.25, -0.2) is 0 Å². The molecule has 1 amide bonds. The molecule has 14 heavy (non-hydrogen) atoms. The Kier molecular flexibility index (Phi) is 3.89. The summed E-state index contributed by atoms with van der Waals surface area (Å²) in [4.78, 5) is 13.6. The van der Waals surface area contributed by atoms with Crippen molar-refractivity contribution < 1.29 is 4.79 Å². The van der Waals surface area contributed by atoms with Gasteiger partial charge in [-0.15, -0.1) is 0 Å². The van der Waals surface area contributed by atoms with Crippen LogP contribution in [-0.4, -0.2) is 43.5 Å². The highest BCUT2D eigenvalue weighted by Gasteiger charge is 2.29. The minimum Gasteiger partial charge on any atom is -0.354 e. The van der Waals surface area contributed by atoms with E-state index in [0.29, 0.717) is 25.0 Å². The molecule has 1 fully saturated rings. The first-order chi connectivity index (χ1) is 6.53. The van der Waals surface area contributed by atoms with Crippen molar-refractivity contribution in [2.75, 3.05) is 32.7 Å². The van der Waals surface area contributed by atoms with E-state index in [-0.39, 0.29) is 5.91 Å². The molecule has 1 aliphatic heterocycles. The van der Waals surface area contributed by atoms with Gasteiger partial charge in [-0.3, -0.25) is 9.69 Å². The quantitative estimate of drug-likeness (QED) is 0.659. The Morgan fingerprint density at radius 3 is 2.79 bits per heavy atom. The molecule has 0 aromatic rings. The predicted molar refractivity (Wildman–Crippen MR) is 56.9 cm³/mol. The molecule has 4 nitrogen and oxygen atoms in total. The number of nitrogens with one attached hydrogen (secondary N) is 1. The molecule has 1 aliphatic rings. The minimum atomic E-state index is 0.0909. The van der Waals surface area contributed by atoms with Crippen LogP contribution in [0.2, 0.25) is 0 Å². The van der Waals surface area contributed by atoms with E-state index in [1.165, 1.54) is 6.42 Å². The summed E-state index contributed by atoms with van der Waals surface area (Å²) >= 11 is 0. The van der Waals surface area contributed by atoms with Gasteiger partial charge in [0, 0.05) is 19.6 Å². The predicted octanol–water partition coefficient (Wildman–Crippen LogP) is -0.207. The van der Waals surface area contributed by atoms with Crippen molar-refractivity contribution in [1.82, 2.24) is 10.2 Å². The van der Waals surface area contributed by atoms with Crippen LogP contribution in [0.5, 0.6) is 0 Å². The molecule has 4 heteroatoms. The zero-order valence-corrected chi connectivity index (χ0v) is 9.18. The second kappa shape index (κ2) is 4.75. The molecule has 0 aromatic heterocycles. The van der Waals surface area contributed by atoms with E-state index in [4.69, 9.17) is 5.73 Å². The summed E-state index contributed by atoms with van der Waals surface area (Å²) in [5.74, 6) is 0.0909. The third-order valence-electron chi connectivity index (χ3n) is 2.59. The Balaban J connectivity index is 2.22. The molecule has 1 heterocycles. The molecule has 0 aromatic carbocycles. The Morgan fingerprint density at radius 2 is 2.29 bits per heavy atom. The summed E-state index contributed by atoms with van der Waals surface area (Å²) in [6.07, 6.45) is 1.18. The minimum absolute atomic E-state index is 0.0909. The van der Waals surface area contributed by atoms with Crippen LogP contribution in [0.15, 0.2) is 0 Å². The van der Waals surface area contributed by atoms with Gasteiger partial charge in [0.2, 0.25) is 5.91 Å². The van der Waals surface area contributed by atoms with E-state index in [0.717, 1.165) is 13.1 Å². The molecule has 0 unspecified atom stereocenters. The highest BCUT2D eigenvalue weighted by atomic mass is 16.2. The lowest BCUT2D eigenvalue weighted by Crippen LogP contribution is -2.38. The molecular formula is C10H21N3O. The average molecular weight is 199 g/mol. The fourth-order valence-electron chi connectivity index (χ4n) is 1.83. The first-order valence-corrected chi connectivity index (χ1v) is 5.23. The smallest absolute Gasteiger partial charge is 0.234 e. The van der Waals surface area contributed by atoms with Gasteiger partial charge in [0.05, 0.1) is 6.54 Å². The number of rotatable bonds is 4. The van der Waals surface area contributed by atoms with Crippen molar-refractivity contribution in [3.05, 3.63) is 0 Å². The van der Waals surface area contributed by atoms with Crippen LogP contribution in [0.3, 0.4) is 0 Å². The number of likely N-dealkylation sites (tertiary alicyclic amines) is 1. The monoisotopic (exact) mass is 199 g/mol. The van der Waals surface area contributed by atoms with Gasteiger partial charge in [0.25, 0.3) is 0 Å². The summed E-state index contributed by atoms with van der Waals surface area (Å²) in [5, 5.41) is 2.78. The van der Waals surface area contributed by atoms with Crippen LogP contribution in [0.1, 0.15) is 20.3 Å². The van der Waals surface area contributed by atoms with Crippen LogP contribution in [0.4, 0.5) is 0 Å². The molecule has 0 atom stereocenters. The zero-order valence-electron chi connectivity index (χ0n) is 9.18. The molecule has 0 aliphatic carbocycles. The Morgan fingerprint density at radius 1 is 1.57 bits per heavy atom. The standard InChI is InChI=1S/C10H21N3O/c1-10(2)3-6-13(8-10)7-9(14)12-5-4-11/h3-8,11H2,1-2H3,(H,12,14). The molecular weight excluding hydrogens is 178 g/mol. The number of nitrogens with two attached hydrogens (primary N) is 1. The lowest BCUT2D eigenvalue weighted by atomic mass is 9.93. The highest BCUT2D eigenvalue weighted by molar-refractivity contribution is 5.78. The molecule has 1 rings (SSSR count). The largest absolute Gasteiger partial charge is 0.354 e. The van der Waals surface area contributed by atoms with Crippen molar-refractivity contribution in [1.29, 1.82) is 0 Å². The third-order valence-corrected chi connectivity index (χ3v) is 2.59. The van der Waals surface area contributed by atoms with E-state index < -0.39 is 0 Å². The van der Waals surface area contributed by atoms with Gasteiger partial charge < -0.3 is 11.1 Å². The maximum absolute atomic E-state index is 11.4. The van der Waals surface area contributed by atoms with Gasteiger partial charge in [-0.1, -0.05) is 13.8 Å². The second-order valence-electron chi connectivity index (χ2n) is 4.76. The number of carbonyl (C=O) groups excluding carboxylic acids is 1. The third kappa shape index (κ3) is 3.64. The van der Waals surface area contributed by atoms with E-state index in [2.05, 4.69) is 24.1 Å². The molecule has 3 N–H and O–H groups in total. The maximum Gasteiger partial charge on any atom is 0.234 e. The second-order valence-corrected chi connectivity index (χ2v) is 4.76. The van der Waals surface area contributed by atoms with Crippen LogP contribution < -0.4 is 11.1 Å². The van der Waals surface area contributed by atoms with Gasteiger partial charge in [0.15, 0.2) is 0 Å². The summed E-state index contributed by atoms with van der Waals surface area (Å²) in [5.41, 5.74) is 5.67. The number of amides is 1. The van der Waals surface area contributed by atoms with E-state index in [1.54, 1.807) is 0 Å². The van der Waals surface area contributed by atoms with Gasteiger partial charge in [0.1, 0.15) is 0 Å². The van der Waals surface area contributed by atoms with E-state index in [1.807, 2.05) is 0 Å². The van der Waals surface area contributed by atoms with Crippen LogP contribution >= 0.6 is 0 Å². The van der Waals surface area contributed by atoms with Crippen LogP contribution in [0.25, 0.3) is 0 Å². The van der Waals surface area contributed by atoms with Crippen molar-refractivity contribution in [3.63, 3.8) is 0 Å². The lowest BCUT2D eigenvalue weighted by Gasteiger charge is -2.19. The normalized spacial score (nSPS) is 21.1. The number of hydrogen-bond acceptors (Lipinski definition) is 3. The van der Waals surface area contributed by atoms with Crippen molar-refractivity contribution in [2.45, 2.75) is 20.3 Å². The molecule has 1 saturated heterocycles. The van der Waals surface area contributed by atoms with E-state index >= 15 is 0 Å². The first-order valence-electron chi connectivity index (χ1n) is 5.23. The Hall–Kier alpha value is -0.610. The Bertz CT molecular complexity index is 204. The fraction of sp³-hybridized carbons (Fsp3) is 0.900. The van der Waals surface area contributed by atoms with Gasteiger partial charge in [-0.05, 0) is 18.4 Å². The highest BCUT2D eigenvalue weighted by Crippen LogP contribution is 2.28. The topological polar surface area (TPSA) is 58.4 Å². The molecule has 0 radical (unpaired) electrons. The average Bonchev–Trinajstić information content (AvgIpc) is 2.42. The summed E-state index contributed by atoms with van der Waals surface area (Å²) in [7, 11) is 0. The van der Waals surface area contributed by atoms with E-state index in [9.17, 15) is 4.79 Å². The van der Waals surface area contributed by atoms with Gasteiger partial charge >= 0.3 is 0 Å². The zero-order chi connectivity index (χ0) is 10.6.